The van der Waals surface area contributed by atoms with E-state index in [4.69, 9.17) is 16.3 Å². The second-order valence-corrected chi connectivity index (χ2v) is 6.29. The van der Waals surface area contributed by atoms with Crippen molar-refractivity contribution in [2.75, 3.05) is 23.4 Å². The molecule has 0 saturated carbocycles. The summed E-state index contributed by atoms with van der Waals surface area (Å²) in [5.41, 5.74) is 2.34. The molecular weight excluding hydrogens is 352 g/mol. The number of benzene rings is 2. The van der Waals surface area contributed by atoms with Gasteiger partial charge in [0, 0.05) is 36.3 Å². The van der Waals surface area contributed by atoms with E-state index in [1.165, 1.54) is 6.92 Å². The monoisotopic (exact) mass is 374 g/mol. The standard InChI is InChI=1S/C20H23ClN2O3/c1-4-26-18-9-7-17(8-10-18)22-20(25)11-12-23(15(3)24)19-13-16(21)6-5-14(19)2/h5-10,13H,4,11-12H2,1-3H3,(H,22,25). The molecule has 0 radical (unpaired) electrons. The molecule has 0 unspecified atom stereocenters. The molecule has 5 nitrogen and oxygen atoms in total. The first-order chi connectivity index (χ1) is 12.4. The molecule has 0 spiro atoms. The Balaban J connectivity index is 1.99. The lowest BCUT2D eigenvalue weighted by Crippen LogP contribution is -2.32. The summed E-state index contributed by atoms with van der Waals surface area (Å²) in [5.74, 6) is 0.453. The number of carbonyl (C=O) groups is 2. The third kappa shape index (κ3) is 5.49. The maximum Gasteiger partial charge on any atom is 0.226 e. The van der Waals surface area contributed by atoms with Crippen LogP contribution in [0.1, 0.15) is 25.8 Å². The molecule has 2 amide bonds. The van der Waals surface area contributed by atoms with Crippen LogP contribution in [0.3, 0.4) is 0 Å². The van der Waals surface area contributed by atoms with E-state index in [1.807, 2.05) is 19.9 Å². The van der Waals surface area contributed by atoms with Crippen LogP contribution in [0.25, 0.3) is 0 Å². The molecule has 2 rings (SSSR count). The van der Waals surface area contributed by atoms with Gasteiger partial charge in [-0.05, 0) is 55.8 Å². The topological polar surface area (TPSA) is 58.6 Å². The summed E-state index contributed by atoms with van der Waals surface area (Å²) in [6, 6.07) is 12.5. The number of halogens is 1. The average molecular weight is 375 g/mol. The number of hydrogen-bond donors (Lipinski definition) is 1. The first kappa shape index (κ1) is 19.8. The molecule has 0 bridgehead atoms. The van der Waals surface area contributed by atoms with Crippen molar-refractivity contribution in [1.82, 2.24) is 0 Å². The number of ether oxygens (including phenoxy) is 1. The number of hydrogen-bond acceptors (Lipinski definition) is 3. The van der Waals surface area contributed by atoms with Crippen LogP contribution in [0, 0.1) is 6.92 Å². The van der Waals surface area contributed by atoms with Crippen LogP contribution in [0.4, 0.5) is 11.4 Å². The first-order valence-electron chi connectivity index (χ1n) is 8.47. The minimum atomic E-state index is -0.167. The molecule has 0 saturated heterocycles. The zero-order valence-electron chi connectivity index (χ0n) is 15.2. The molecule has 0 atom stereocenters. The van der Waals surface area contributed by atoms with Crippen molar-refractivity contribution in [3.63, 3.8) is 0 Å². The van der Waals surface area contributed by atoms with Gasteiger partial charge >= 0.3 is 0 Å². The minimum absolute atomic E-state index is 0.135. The van der Waals surface area contributed by atoms with E-state index in [1.54, 1.807) is 41.3 Å². The van der Waals surface area contributed by atoms with Crippen molar-refractivity contribution in [3.05, 3.63) is 53.1 Å². The van der Waals surface area contributed by atoms with Crippen molar-refractivity contribution in [1.29, 1.82) is 0 Å². The number of nitrogens with zero attached hydrogens (tertiary/aromatic N) is 1. The Labute approximate surface area is 158 Å². The van der Waals surface area contributed by atoms with Crippen LogP contribution < -0.4 is 15.0 Å². The number of rotatable bonds is 7. The summed E-state index contributed by atoms with van der Waals surface area (Å²) in [7, 11) is 0. The average Bonchev–Trinajstić information content (AvgIpc) is 2.59. The van der Waals surface area contributed by atoms with Gasteiger partial charge in [-0.3, -0.25) is 9.59 Å². The second-order valence-electron chi connectivity index (χ2n) is 5.86. The molecule has 0 fully saturated rings. The molecule has 6 heteroatoms. The van der Waals surface area contributed by atoms with Gasteiger partial charge < -0.3 is 15.0 Å². The highest BCUT2D eigenvalue weighted by Gasteiger charge is 2.16. The Morgan fingerprint density at radius 1 is 1.15 bits per heavy atom. The normalized spacial score (nSPS) is 10.3. The van der Waals surface area contributed by atoms with Crippen LogP contribution in [0.15, 0.2) is 42.5 Å². The van der Waals surface area contributed by atoms with E-state index >= 15 is 0 Å². The molecule has 0 aliphatic carbocycles. The predicted octanol–water partition coefficient (Wildman–Crippen LogP) is 4.43. The Hall–Kier alpha value is -2.53. The predicted molar refractivity (Wildman–Crippen MR) is 105 cm³/mol. The van der Waals surface area contributed by atoms with E-state index in [-0.39, 0.29) is 24.8 Å². The molecule has 138 valence electrons. The number of aryl methyl sites for hydroxylation is 1. The maximum absolute atomic E-state index is 12.2. The molecule has 1 N–H and O–H groups in total. The van der Waals surface area contributed by atoms with Gasteiger partial charge in [0.1, 0.15) is 5.75 Å². The van der Waals surface area contributed by atoms with Crippen LogP contribution in [-0.2, 0) is 9.59 Å². The lowest BCUT2D eigenvalue weighted by Gasteiger charge is -2.23. The zero-order valence-corrected chi connectivity index (χ0v) is 16.0. The zero-order chi connectivity index (χ0) is 19.1. The van der Waals surface area contributed by atoms with Gasteiger partial charge in [0.2, 0.25) is 11.8 Å². The molecule has 26 heavy (non-hydrogen) atoms. The molecule has 0 aliphatic rings. The quantitative estimate of drug-likeness (QED) is 0.779. The van der Waals surface area contributed by atoms with Crippen LogP contribution in [-0.4, -0.2) is 25.0 Å². The van der Waals surface area contributed by atoms with E-state index in [2.05, 4.69) is 5.32 Å². The van der Waals surface area contributed by atoms with Gasteiger partial charge in [-0.2, -0.15) is 0 Å². The highest BCUT2D eigenvalue weighted by molar-refractivity contribution is 6.31. The van der Waals surface area contributed by atoms with E-state index in [0.717, 1.165) is 17.0 Å². The fourth-order valence-corrected chi connectivity index (χ4v) is 2.73. The number of carbonyl (C=O) groups excluding carboxylic acids is 2. The van der Waals surface area contributed by atoms with Gasteiger partial charge in [0.05, 0.1) is 6.61 Å². The summed E-state index contributed by atoms with van der Waals surface area (Å²) >= 11 is 6.04. The minimum Gasteiger partial charge on any atom is -0.494 e. The fourth-order valence-electron chi connectivity index (χ4n) is 2.56. The Kier molecular flexibility index (Phi) is 7.04. The molecule has 0 aromatic heterocycles. The third-order valence-electron chi connectivity index (χ3n) is 3.85. The molecule has 0 aliphatic heterocycles. The fraction of sp³-hybridized carbons (Fsp3) is 0.300. The van der Waals surface area contributed by atoms with Crippen molar-refractivity contribution in [2.24, 2.45) is 0 Å². The van der Waals surface area contributed by atoms with Gasteiger partial charge in [0.15, 0.2) is 0 Å². The highest BCUT2D eigenvalue weighted by Crippen LogP contribution is 2.25. The molecule has 0 heterocycles. The van der Waals surface area contributed by atoms with Crippen LogP contribution >= 0.6 is 11.6 Å². The van der Waals surface area contributed by atoms with Crippen molar-refractivity contribution >= 4 is 34.8 Å². The molecule has 2 aromatic carbocycles. The smallest absolute Gasteiger partial charge is 0.226 e. The van der Waals surface area contributed by atoms with E-state index in [9.17, 15) is 9.59 Å². The number of nitrogens with one attached hydrogen (secondary N) is 1. The maximum atomic E-state index is 12.2. The number of anilines is 2. The van der Waals surface area contributed by atoms with Gasteiger partial charge in [-0.25, -0.2) is 0 Å². The van der Waals surface area contributed by atoms with Crippen LogP contribution in [0.2, 0.25) is 5.02 Å². The first-order valence-corrected chi connectivity index (χ1v) is 8.85. The highest BCUT2D eigenvalue weighted by atomic mass is 35.5. The largest absolute Gasteiger partial charge is 0.494 e. The summed E-state index contributed by atoms with van der Waals surface area (Å²) in [6.45, 7) is 6.17. The molecule has 2 aromatic rings. The summed E-state index contributed by atoms with van der Waals surface area (Å²) in [4.78, 5) is 25.8. The van der Waals surface area contributed by atoms with Crippen LogP contribution in [0.5, 0.6) is 5.75 Å². The van der Waals surface area contributed by atoms with E-state index < -0.39 is 0 Å². The summed E-state index contributed by atoms with van der Waals surface area (Å²) in [5, 5.41) is 3.38. The summed E-state index contributed by atoms with van der Waals surface area (Å²) in [6.07, 6.45) is 0.179. The van der Waals surface area contributed by atoms with Crippen molar-refractivity contribution < 1.29 is 14.3 Å². The second kappa shape index (κ2) is 9.25. The number of amides is 2. The Morgan fingerprint density at radius 3 is 2.46 bits per heavy atom. The Bertz CT molecular complexity index is 775. The van der Waals surface area contributed by atoms with Gasteiger partial charge in [0.25, 0.3) is 0 Å². The third-order valence-corrected chi connectivity index (χ3v) is 4.09. The van der Waals surface area contributed by atoms with E-state index in [0.29, 0.717) is 17.3 Å². The lowest BCUT2D eigenvalue weighted by atomic mass is 10.1. The Morgan fingerprint density at radius 2 is 1.85 bits per heavy atom. The van der Waals surface area contributed by atoms with Crippen molar-refractivity contribution in [2.45, 2.75) is 27.2 Å². The van der Waals surface area contributed by atoms with Crippen molar-refractivity contribution in [3.8, 4) is 5.75 Å². The molecular formula is C20H23ClN2O3. The van der Waals surface area contributed by atoms with Gasteiger partial charge in [-0.15, -0.1) is 0 Å². The van der Waals surface area contributed by atoms with Gasteiger partial charge in [-0.1, -0.05) is 17.7 Å². The lowest BCUT2D eigenvalue weighted by molar-refractivity contribution is -0.117. The summed E-state index contributed by atoms with van der Waals surface area (Å²) < 4.78 is 5.37. The SMILES string of the molecule is CCOc1ccc(NC(=O)CCN(C(C)=O)c2cc(Cl)ccc2C)cc1.